The predicted octanol–water partition coefficient (Wildman–Crippen LogP) is 2.31. The number of aromatic nitrogens is 3. The van der Waals surface area contributed by atoms with Gasteiger partial charge >= 0.3 is 0 Å². The molecule has 4 rings (SSSR count). The number of carbonyl (C=O) groups excluding carboxylic acids is 1. The van der Waals surface area contributed by atoms with Gasteiger partial charge in [0.2, 0.25) is 5.91 Å². The highest BCUT2D eigenvalue weighted by molar-refractivity contribution is 7.91. The third-order valence-corrected chi connectivity index (χ3v) is 6.67. The van der Waals surface area contributed by atoms with Crippen molar-refractivity contribution in [2.45, 2.75) is 19.0 Å². The van der Waals surface area contributed by atoms with E-state index >= 15 is 0 Å². The standard InChI is InChI=1S/C22H22N4O3S/c27-21(24-20-10-12-30(28,29)16-20)9-8-19-15-26(14-17-5-2-1-3-6-17)25-22(19)18-7-4-11-23-13-18/h1-9,11,13,15,20H,10,12,14,16H2,(H,24,27)/b9-8+. The summed E-state index contributed by atoms with van der Waals surface area (Å²) >= 11 is 0. The average molecular weight is 423 g/mol. The van der Waals surface area contributed by atoms with Crippen molar-refractivity contribution >= 4 is 21.8 Å². The molecule has 1 aliphatic heterocycles. The van der Waals surface area contributed by atoms with Gasteiger partial charge in [-0.25, -0.2) is 8.42 Å². The minimum absolute atomic E-state index is 0.00250. The van der Waals surface area contributed by atoms with E-state index in [0.29, 0.717) is 13.0 Å². The Bertz CT molecular complexity index is 1160. The number of hydrogen-bond acceptors (Lipinski definition) is 5. The Kier molecular flexibility index (Phi) is 5.76. The maximum Gasteiger partial charge on any atom is 0.244 e. The van der Waals surface area contributed by atoms with E-state index in [-0.39, 0.29) is 23.5 Å². The van der Waals surface area contributed by atoms with Crippen molar-refractivity contribution in [1.82, 2.24) is 20.1 Å². The van der Waals surface area contributed by atoms with Gasteiger partial charge in [-0.05, 0) is 30.2 Å². The first-order valence-electron chi connectivity index (χ1n) is 9.69. The Hall–Kier alpha value is -3.26. The minimum Gasteiger partial charge on any atom is -0.349 e. The summed E-state index contributed by atoms with van der Waals surface area (Å²) in [6, 6.07) is 13.4. The highest BCUT2D eigenvalue weighted by Gasteiger charge is 2.28. The van der Waals surface area contributed by atoms with Crippen LogP contribution < -0.4 is 5.32 Å². The first kappa shape index (κ1) is 20.0. The molecule has 3 heterocycles. The maximum absolute atomic E-state index is 12.3. The molecule has 154 valence electrons. The predicted molar refractivity (Wildman–Crippen MR) is 115 cm³/mol. The molecule has 3 aromatic rings. The molecule has 1 amide bonds. The molecule has 30 heavy (non-hydrogen) atoms. The summed E-state index contributed by atoms with van der Waals surface area (Å²) in [6.07, 6.45) is 8.90. The molecule has 1 atom stereocenters. The molecule has 8 heteroatoms. The average Bonchev–Trinajstić information content (AvgIpc) is 3.30. The van der Waals surface area contributed by atoms with E-state index in [1.54, 1.807) is 18.5 Å². The Labute approximate surface area is 175 Å². The van der Waals surface area contributed by atoms with Crippen LogP contribution in [0.25, 0.3) is 17.3 Å². The summed E-state index contributed by atoms with van der Waals surface area (Å²) in [4.78, 5) is 16.5. The van der Waals surface area contributed by atoms with Crippen molar-refractivity contribution in [2.75, 3.05) is 11.5 Å². The summed E-state index contributed by atoms with van der Waals surface area (Å²) in [7, 11) is -3.04. The van der Waals surface area contributed by atoms with Crippen LogP contribution in [0.3, 0.4) is 0 Å². The second-order valence-corrected chi connectivity index (χ2v) is 9.53. The van der Waals surface area contributed by atoms with Gasteiger partial charge in [0, 0.05) is 41.8 Å². The molecule has 0 saturated carbocycles. The van der Waals surface area contributed by atoms with E-state index < -0.39 is 9.84 Å². The van der Waals surface area contributed by atoms with Crippen LogP contribution in [0.1, 0.15) is 17.5 Å². The van der Waals surface area contributed by atoms with E-state index in [1.807, 2.05) is 53.3 Å². The molecule has 1 aliphatic rings. The van der Waals surface area contributed by atoms with E-state index in [0.717, 1.165) is 22.4 Å². The van der Waals surface area contributed by atoms with Crippen LogP contribution in [0.2, 0.25) is 0 Å². The summed E-state index contributed by atoms with van der Waals surface area (Å²) in [5.74, 6) is -0.188. The fraction of sp³-hybridized carbons (Fsp3) is 0.227. The normalized spacial score (nSPS) is 17.9. The van der Waals surface area contributed by atoms with Gasteiger partial charge in [0.15, 0.2) is 9.84 Å². The van der Waals surface area contributed by atoms with Crippen LogP contribution >= 0.6 is 0 Å². The van der Waals surface area contributed by atoms with Crippen molar-refractivity contribution < 1.29 is 13.2 Å². The van der Waals surface area contributed by atoms with E-state index in [4.69, 9.17) is 5.10 Å². The van der Waals surface area contributed by atoms with Gasteiger partial charge in [0.25, 0.3) is 0 Å². The van der Waals surface area contributed by atoms with Crippen molar-refractivity contribution in [2.24, 2.45) is 0 Å². The molecule has 7 nitrogen and oxygen atoms in total. The van der Waals surface area contributed by atoms with E-state index in [1.165, 1.54) is 6.08 Å². The SMILES string of the molecule is O=C(/C=C/c1cn(Cc2ccccc2)nc1-c1cccnc1)NC1CCS(=O)(=O)C1. The molecule has 1 unspecified atom stereocenters. The molecule has 1 fully saturated rings. The van der Waals surface area contributed by atoms with Gasteiger partial charge in [-0.2, -0.15) is 5.10 Å². The highest BCUT2D eigenvalue weighted by atomic mass is 32.2. The molecular weight excluding hydrogens is 400 g/mol. The number of hydrogen-bond donors (Lipinski definition) is 1. The second-order valence-electron chi connectivity index (χ2n) is 7.30. The number of rotatable bonds is 6. The Morgan fingerprint density at radius 2 is 2.03 bits per heavy atom. The summed E-state index contributed by atoms with van der Waals surface area (Å²) in [6.45, 7) is 0.605. The van der Waals surface area contributed by atoms with Crippen LogP contribution in [0, 0.1) is 0 Å². The molecular formula is C22H22N4O3S. The molecule has 0 aliphatic carbocycles. The van der Waals surface area contributed by atoms with Crippen molar-refractivity contribution in [3.63, 3.8) is 0 Å². The van der Waals surface area contributed by atoms with Gasteiger partial charge < -0.3 is 5.32 Å². The number of carbonyl (C=O) groups is 1. The third kappa shape index (κ3) is 5.01. The van der Waals surface area contributed by atoms with Crippen LogP contribution in [-0.4, -0.2) is 46.6 Å². The number of amides is 1. The number of sulfone groups is 1. The minimum atomic E-state index is -3.04. The quantitative estimate of drug-likeness (QED) is 0.615. The maximum atomic E-state index is 12.3. The lowest BCUT2D eigenvalue weighted by Gasteiger charge is -2.07. The smallest absolute Gasteiger partial charge is 0.244 e. The largest absolute Gasteiger partial charge is 0.349 e. The van der Waals surface area contributed by atoms with Crippen molar-refractivity contribution in [3.05, 3.63) is 78.3 Å². The lowest BCUT2D eigenvalue weighted by Crippen LogP contribution is -2.34. The van der Waals surface area contributed by atoms with Gasteiger partial charge in [0.1, 0.15) is 5.69 Å². The van der Waals surface area contributed by atoms with Crippen LogP contribution in [0.5, 0.6) is 0 Å². The van der Waals surface area contributed by atoms with Gasteiger partial charge in [0.05, 0.1) is 18.1 Å². The molecule has 0 spiro atoms. The van der Waals surface area contributed by atoms with E-state index in [9.17, 15) is 13.2 Å². The Morgan fingerprint density at radius 3 is 2.73 bits per heavy atom. The fourth-order valence-corrected chi connectivity index (χ4v) is 5.13. The summed E-state index contributed by atoms with van der Waals surface area (Å²) in [5.41, 5.74) is 3.49. The fourth-order valence-electron chi connectivity index (χ4n) is 3.46. The van der Waals surface area contributed by atoms with Crippen LogP contribution in [0.15, 0.2) is 67.1 Å². The molecule has 0 bridgehead atoms. The number of pyridine rings is 1. The Morgan fingerprint density at radius 1 is 1.20 bits per heavy atom. The molecule has 1 saturated heterocycles. The first-order chi connectivity index (χ1) is 14.5. The molecule has 1 N–H and O–H groups in total. The monoisotopic (exact) mass is 422 g/mol. The van der Waals surface area contributed by atoms with E-state index in [2.05, 4.69) is 10.3 Å². The van der Waals surface area contributed by atoms with Gasteiger partial charge in [-0.3, -0.25) is 14.5 Å². The lowest BCUT2D eigenvalue weighted by molar-refractivity contribution is -0.116. The number of nitrogens with zero attached hydrogens (tertiary/aromatic N) is 3. The summed E-state index contributed by atoms with van der Waals surface area (Å²) < 4.78 is 25.0. The van der Waals surface area contributed by atoms with Crippen LogP contribution in [0.4, 0.5) is 0 Å². The molecule has 0 radical (unpaired) electrons. The summed E-state index contributed by atoms with van der Waals surface area (Å²) in [5, 5.41) is 7.46. The van der Waals surface area contributed by atoms with Crippen molar-refractivity contribution in [3.8, 4) is 11.3 Å². The lowest BCUT2D eigenvalue weighted by atomic mass is 10.1. The molecule has 1 aromatic carbocycles. The number of benzene rings is 1. The Balaban J connectivity index is 1.54. The molecule has 2 aromatic heterocycles. The zero-order valence-electron chi connectivity index (χ0n) is 16.3. The number of nitrogens with one attached hydrogen (secondary N) is 1. The van der Waals surface area contributed by atoms with Crippen molar-refractivity contribution in [1.29, 1.82) is 0 Å². The first-order valence-corrected chi connectivity index (χ1v) is 11.5. The zero-order valence-corrected chi connectivity index (χ0v) is 17.1. The van der Waals surface area contributed by atoms with Gasteiger partial charge in [-0.15, -0.1) is 0 Å². The highest BCUT2D eigenvalue weighted by Crippen LogP contribution is 2.23. The topological polar surface area (TPSA) is 93.9 Å². The van der Waals surface area contributed by atoms with Gasteiger partial charge in [-0.1, -0.05) is 30.3 Å². The third-order valence-electron chi connectivity index (χ3n) is 4.91. The van der Waals surface area contributed by atoms with Crippen LogP contribution in [-0.2, 0) is 21.2 Å². The second kappa shape index (κ2) is 8.62. The zero-order chi connectivity index (χ0) is 21.0.